The Kier molecular flexibility index (Phi) is 5.05. The Bertz CT molecular complexity index is 19.5. The van der Waals surface area contributed by atoms with E-state index < -0.39 is 0 Å². The second kappa shape index (κ2) is 5.02. The van der Waals surface area contributed by atoms with Crippen molar-refractivity contribution in [3.8, 4) is 0 Å². The molecule has 0 amide bonds. The first-order valence-corrected chi connectivity index (χ1v) is 2.49. The minimum absolute atomic E-state index is 0.855. The quantitative estimate of drug-likeness (QED) is 0.364. The largest absolute Gasteiger partial charge is 0.440 e. The van der Waals surface area contributed by atoms with Gasteiger partial charge in [-0.25, -0.2) is 0 Å². The molecule has 0 fully saturated rings. The Labute approximate surface area is 40.0 Å². The van der Waals surface area contributed by atoms with Crippen molar-refractivity contribution in [2.24, 2.45) is 0 Å². The summed E-state index contributed by atoms with van der Waals surface area (Å²) in [6.45, 7) is 5.03. The molecular weight excluding hydrogens is 74.9 g/mol. The normalized spacial score (nSPS) is 8.33. The van der Waals surface area contributed by atoms with Crippen molar-refractivity contribution in [3.05, 3.63) is 0 Å². The third-order valence-corrected chi connectivity index (χ3v) is 0.553. The van der Waals surface area contributed by atoms with Gasteiger partial charge < -0.3 is 4.65 Å². The Morgan fingerprint density at radius 1 is 1.67 bits per heavy atom. The molecule has 0 atom stereocenters. The Balaban J connectivity index is 2.34. The zero-order valence-corrected chi connectivity index (χ0v) is 4.53. The van der Waals surface area contributed by atoms with Gasteiger partial charge in [-0.3, -0.25) is 0 Å². The van der Waals surface area contributed by atoms with Gasteiger partial charge in [0.1, 0.15) is 0 Å². The van der Waals surface area contributed by atoms with E-state index in [-0.39, 0.29) is 0 Å². The van der Waals surface area contributed by atoms with Gasteiger partial charge in [0.15, 0.2) is 0 Å². The van der Waals surface area contributed by atoms with Crippen LogP contribution in [0, 0.1) is 0 Å². The van der Waals surface area contributed by atoms with Crippen molar-refractivity contribution in [1.29, 1.82) is 0 Å². The van der Waals surface area contributed by atoms with Crippen molar-refractivity contribution in [2.45, 2.75) is 20.2 Å². The van der Waals surface area contributed by atoms with Crippen LogP contribution in [0.15, 0.2) is 0 Å². The number of hydrogen-bond donors (Lipinski definition) is 0. The maximum atomic E-state index is 4.98. The zero-order chi connectivity index (χ0) is 4.83. The van der Waals surface area contributed by atoms with Crippen LogP contribution in [0.25, 0.3) is 0 Å². The van der Waals surface area contributed by atoms with Gasteiger partial charge >= 0.3 is 0 Å². The van der Waals surface area contributed by atoms with Gasteiger partial charge in [-0.2, -0.15) is 0 Å². The average Bonchev–Trinajstić information content (AvgIpc) is 1.61. The third-order valence-electron chi connectivity index (χ3n) is 0.553. The Morgan fingerprint density at radius 3 is 2.50 bits per heavy atom. The van der Waals surface area contributed by atoms with Crippen LogP contribution in [0.3, 0.4) is 0 Å². The van der Waals surface area contributed by atoms with E-state index in [1.54, 1.807) is 0 Å². The Morgan fingerprint density at radius 2 is 2.33 bits per heavy atom. The van der Waals surface area contributed by atoms with E-state index in [1.165, 1.54) is 0 Å². The van der Waals surface area contributed by atoms with Gasteiger partial charge in [0.05, 0.1) is 0 Å². The molecule has 0 aromatic rings. The fourth-order valence-electron chi connectivity index (χ4n) is 0.289. The summed E-state index contributed by atoms with van der Waals surface area (Å²) in [5, 5.41) is 0. The first-order chi connectivity index (χ1) is 2.91. The molecule has 0 unspecified atom stereocenters. The van der Waals surface area contributed by atoms with Gasteiger partial charge in [0.2, 0.25) is 0 Å². The summed E-state index contributed by atoms with van der Waals surface area (Å²) in [6, 6.07) is 0. The average molecular weight is 85.9 g/mol. The lowest BCUT2D eigenvalue weighted by Gasteiger charge is -1.90. The first-order valence-electron chi connectivity index (χ1n) is 2.49. The van der Waals surface area contributed by atoms with Crippen LogP contribution < -0.4 is 0 Å². The summed E-state index contributed by atoms with van der Waals surface area (Å²) < 4.78 is 4.98. The fraction of sp³-hybridized carbons (Fsp3) is 1.00. The summed E-state index contributed by atoms with van der Waals surface area (Å²) in [5.41, 5.74) is 0. The predicted octanol–water partition coefficient (Wildman–Crippen LogP) is 0.813. The monoisotopic (exact) mass is 86.1 g/mol. The summed E-state index contributed by atoms with van der Waals surface area (Å²) in [6.07, 6.45) is 1.13. The van der Waals surface area contributed by atoms with Crippen molar-refractivity contribution in [2.75, 3.05) is 6.61 Å². The molecule has 0 aliphatic rings. The first kappa shape index (κ1) is 6.02. The highest BCUT2D eigenvalue weighted by molar-refractivity contribution is 6.24. The highest BCUT2D eigenvalue weighted by atomic mass is 16.4. The minimum atomic E-state index is 0.855. The predicted molar refractivity (Wildman–Crippen MR) is 29.3 cm³/mol. The van der Waals surface area contributed by atoms with Gasteiger partial charge in [0, 0.05) is 6.61 Å². The van der Waals surface area contributed by atoms with Gasteiger partial charge in [-0.1, -0.05) is 13.7 Å². The van der Waals surface area contributed by atoms with Crippen molar-refractivity contribution < 1.29 is 4.65 Å². The minimum Gasteiger partial charge on any atom is -0.440 e. The van der Waals surface area contributed by atoms with E-state index in [4.69, 9.17) is 4.65 Å². The molecule has 0 saturated heterocycles. The second-order valence-electron chi connectivity index (χ2n) is 1.20. The van der Waals surface area contributed by atoms with Crippen LogP contribution in [-0.4, -0.2) is 14.1 Å². The lowest BCUT2D eigenvalue weighted by molar-refractivity contribution is 0.338. The zero-order valence-electron chi connectivity index (χ0n) is 4.53. The molecule has 0 aliphatic heterocycles. The van der Waals surface area contributed by atoms with Crippen LogP contribution in [-0.2, 0) is 4.65 Å². The van der Waals surface area contributed by atoms with E-state index >= 15 is 0 Å². The van der Waals surface area contributed by atoms with Crippen molar-refractivity contribution in [3.63, 3.8) is 0 Å². The third kappa shape index (κ3) is 4.02. The van der Waals surface area contributed by atoms with Crippen LogP contribution >= 0.6 is 0 Å². The standard InChI is InChI=1S/C4H11BO/c1-3-4-6-5-2/h5H,3-4H2,1-2H3. The summed E-state index contributed by atoms with van der Waals surface area (Å²) in [5.74, 6) is 0. The van der Waals surface area contributed by atoms with Crippen molar-refractivity contribution >= 4 is 7.48 Å². The molecule has 0 aromatic carbocycles. The molecule has 0 rings (SSSR count). The molecule has 0 radical (unpaired) electrons. The fourth-order valence-corrected chi connectivity index (χ4v) is 0.289. The lowest BCUT2D eigenvalue weighted by Crippen LogP contribution is -1.92. The summed E-state index contributed by atoms with van der Waals surface area (Å²) >= 11 is 0. The lowest BCUT2D eigenvalue weighted by atomic mass is 10.1. The molecule has 2 heteroatoms. The maximum absolute atomic E-state index is 4.98. The number of hydrogen-bond acceptors (Lipinski definition) is 1. The molecule has 0 aromatic heterocycles. The molecule has 6 heavy (non-hydrogen) atoms. The summed E-state index contributed by atoms with van der Waals surface area (Å²) in [7, 11) is 0.855. The van der Waals surface area contributed by atoms with E-state index in [2.05, 4.69) is 6.92 Å². The maximum Gasteiger partial charge on any atom is 0.271 e. The molecule has 0 N–H and O–H groups in total. The van der Waals surface area contributed by atoms with Gasteiger partial charge in [-0.15, -0.1) is 0 Å². The van der Waals surface area contributed by atoms with E-state index in [1.807, 2.05) is 6.82 Å². The topological polar surface area (TPSA) is 9.23 Å². The second-order valence-corrected chi connectivity index (χ2v) is 1.20. The molecule has 0 saturated carbocycles. The van der Waals surface area contributed by atoms with Gasteiger partial charge in [0.25, 0.3) is 7.48 Å². The van der Waals surface area contributed by atoms with E-state index in [0.29, 0.717) is 0 Å². The smallest absolute Gasteiger partial charge is 0.271 e. The van der Waals surface area contributed by atoms with Crippen LogP contribution in [0.4, 0.5) is 0 Å². The molecule has 0 aliphatic carbocycles. The van der Waals surface area contributed by atoms with Crippen LogP contribution in [0.1, 0.15) is 13.3 Å². The molecule has 0 spiro atoms. The van der Waals surface area contributed by atoms with E-state index in [9.17, 15) is 0 Å². The SMILES string of the molecule is CBOCCC. The number of rotatable bonds is 3. The molecule has 36 valence electrons. The van der Waals surface area contributed by atoms with Crippen molar-refractivity contribution in [1.82, 2.24) is 0 Å². The molecule has 1 nitrogen and oxygen atoms in total. The highest BCUT2D eigenvalue weighted by Gasteiger charge is 1.75. The Hall–Kier alpha value is 0.0249. The molecule has 0 bridgehead atoms. The highest BCUT2D eigenvalue weighted by Crippen LogP contribution is 1.74. The van der Waals surface area contributed by atoms with Gasteiger partial charge in [-0.05, 0) is 6.42 Å². The van der Waals surface area contributed by atoms with Crippen LogP contribution in [0.2, 0.25) is 6.82 Å². The summed E-state index contributed by atoms with van der Waals surface area (Å²) in [4.78, 5) is 0. The molecular formula is C4H11BO. The van der Waals surface area contributed by atoms with E-state index in [0.717, 1.165) is 20.5 Å². The molecule has 0 heterocycles. The van der Waals surface area contributed by atoms with Crippen LogP contribution in [0.5, 0.6) is 0 Å².